The third-order valence-electron chi connectivity index (χ3n) is 4.32. The molecule has 0 radical (unpaired) electrons. The van der Waals surface area contributed by atoms with E-state index in [-0.39, 0.29) is 23.5 Å². The van der Waals surface area contributed by atoms with Crippen molar-refractivity contribution < 1.29 is 17.9 Å². The summed E-state index contributed by atoms with van der Waals surface area (Å²) >= 11 is 0. The van der Waals surface area contributed by atoms with Crippen molar-refractivity contribution in [2.75, 3.05) is 18.5 Å². The van der Waals surface area contributed by atoms with Gasteiger partial charge in [-0.15, -0.1) is 0 Å². The van der Waals surface area contributed by atoms with Gasteiger partial charge in [-0.25, -0.2) is 13.1 Å². The molecule has 1 aromatic carbocycles. The SMILES string of the molecule is CC1(C)C(=O)Nc2ccc(S(=O)(=O)NCC3CCCO3)cc21. The summed E-state index contributed by atoms with van der Waals surface area (Å²) in [6.45, 7) is 4.53. The van der Waals surface area contributed by atoms with E-state index >= 15 is 0 Å². The monoisotopic (exact) mass is 324 g/mol. The van der Waals surface area contributed by atoms with Crippen LogP contribution in [0, 0.1) is 0 Å². The Labute approximate surface area is 130 Å². The molecule has 2 aliphatic heterocycles. The molecule has 0 bridgehead atoms. The number of fused-ring (bicyclic) bond motifs is 1. The standard InChI is InChI=1S/C15H20N2O4S/c1-15(2)12-8-11(5-6-13(12)17-14(15)18)22(19,20)16-9-10-4-3-7-21-10/h5-6,8,10,16H,3-4,7,9H2,1-2H3,(H,17,18). The van der Waals surface area contributed by atoms with Gasteiger partial charge in [0, 0.05) is 18.8 Å². The van der Waals surface area contributed by atoms with Gasteiger partial charge >= 0.3 is 0 Å². The Morgan fingerprint density at radius 1 is 1.41 bits per heavy atom. The van der Waals surface area contributed by atoms with Gasteiger partial charge < -0.3 is 10.1 Å². The molecule has 0 aliphatic carbocycles. The van der Waals surface area contributed by atoms with Crippen LogP contribution in [0.5, 0.6) is 0 Å². The lowest BCUT2D eigenvalue weighted by molar-refractivity contribution is -0.119. The second-order valence-electron chi connectivity index (χ2n) is 6.27. The number of nitrogens with one attached hydrogen (secondary N) is 2. The topological polar surface area (TPSA) is 84.5 Å². The number of ether oxygens (including phenoxy) is 1. The lowest BCUT2D eigenvalue weighted by Crippen LogP contribution is -2.32. The number of hydrogen-bond acceptors (Lipinski definition) is 4. The van der Waals surface area contributed by atoms with Crippen LogP contribution < -0.4 is 10.0 Å². The minimum Gasteiger partial charge on any atom is -0.377 e. The van der Waals surface area contributed by atoms with Crippen molar-refractivity contribution in [3.63, 3.8) is 0 Å². The number of rotatable bonds is 4. The molecule has 0 saturated carbocycles. The van der Waals surface area contributed by atoms with E-state index in [0.717, 1.165) is 12.8 Å². The zero-order valence-electron chi connectivity index (χ0n) is 12.7. The normalized spacial score (nSPS) is 23.4. The van der Waals surface area contributed by atoms with E-state index in [1.54, 1.807) is 26.0 Å². The molecule has 120 valence electrons. The lowest BCUT2D eigenvalue weighted by Gasteiger charge is -2.16. The summed E-state index contributed by atoms with van der Waals surface area (Å²) in [6.07, 6.45) is 1.79. The van der Waals surface area contributed by atoms with Gasteiger partial charge in [-0.2, -0.15) is 0 Å². The molecule has 1 aromatic rings. The predicted octanol–water partition coefficient (Wildman–Crippen LogP) is 1.37. The van der Waals surface area contributed by atoms with Gasteiger partial charge in [0.15, 0.2) is 0 Å². The van der Waals surface area contributed by atoms with Crippen molar-refractivity contribution in [1.29, 1.82) is 0 Å². The summed E-state index contributed by atoms with van der Waals surface area (Å²) in [7, 11) is -3.61. The Kier molecular flexibility index (Phi) is 3.74. The highest BCUT2D eigenvalue weighted by Crippen LogP contribution is 2.38. The van der Waals surface area contributed by atoms with E-state index in [9.17, 15) is 13.2 Å². The van der Waals surface area contributed by atoms with E-state index < -0.39 is 15.4 Å². The number of carbonyl (C=O) groups is 1. The van der Waals surface area contributed by atoms with Crippen LogP contribution in [0.25, 0.3) is 0 Å². The number of sulfonamides is 1. The summed E-state index contributed by atoms with van der Waals surface area (Å²) < 4.78 is 32.8. The van der Waals surface area contributed by atoms with Gasteiger partial charge in [-0.05, 0) is 50.5 Å². The van der Waals surface area contributed by atoms with Crippen LogP contribution in [0.4, 0.5) is 5.69 Å². The maximum Gasteiger partial charge on any atom is 0.240 e. The van der Waals surface area contributed by atoms with Crippen molar-refractivity contribution in [3.8, 4) is 0 Å². The predicted molar refractivity (Wildman–Crippen MR) is 82.3 cm³/mol. The lowest BCUT2D eigenvalue weighted by atomic mass is 9.86. The third kappa shape index (κ3) is 2.64. The Morgan fingerprint density at radius 2 is 2.18 bits per heavy atom. The minimum absolute atomic E-state index is 0.0520. The molecule has 6 nitrogen and oxygen atoms in total. The summed E-state index contributed by atoms with van der Waals surface area (Å²) in [5.41, 5.74) is 0.653. The van der Waals surface area contributed by atoms with Crippen molar-refractivity contribution in [2.24, 2.45) is 0 Å². The van der Waals surface area contributed by atoms with Crippen molar-refractivity contribution in [3.05, 3.63) is 23.8 Å². The van der Waals surface area contributed by atoms with Gasteiger partial charge in [0.25, 0.3) is 0 Å². The zero-order valence-corrected chi connectivity index (χ0v) is 13.5. The molecule has 2 heterocycles. The van der Waals surface area contributed by atoms with Crippen molar-refractivity contribution in [1.82, 2.24) is 4.72 Å². The molecule has 1 unspecified atom stereocenters. The zero-order chi connectivity index (χ0) is 16.0. The van der Waals surface area contributed by atoms with Crippen molar-refractivity contribution >= 4 is 21.6 Å². The Bertz CT molecular complexity index is 706. The Morgan fingerprint density at radius 3 is 2.86 bits per heavy atom. The summed E-state index contributed by atoms with van der Waals surface area (Å²) in [4.78, 5) is 12.1. The van der Waals surface area contributed by atoms with Gasteiger partial charge in [0.05, 0.1) is 16.4 Å². The van der Waals surface area contributed by atoms with E-state index in [1.807, 2.05) is 0 Å². The summed E-state index contributed by atoms with van der Waals surface area (Å²) in [6, 6.07) is 4.73. The molecule has 1 amide bonds. The van der Waals surface area contributed by atoms with Crippen LogP contribution in [-0.2, 0) is 25.0 Å². The average molecular weight is 324 g/mol. The molecule has 22 heavy (non-hydrogen) atoms. The second kappa shape index (κ2) is 5.33. The second-order valence-corrected chi connectivity index (χ2v) is 8.04. The van der Waals surface area contributed by atoms with Crippen LogP contribution in [0.15, 0.2) is 23.1 Å². The van der Waals surface area contributed by atoms with E-state index in [2.05, 4.69) is 10.0 Å². The first kappa shape index (κ1) is 15.5. The molecule has 2 aliphatic rings. The molecule has 3 rings (SSSR count). The van der Waals surface area contributed by atoms with Gasteiger partial charge in [0.2, 0.25) is 15.9 Å². The first-order valence-corrected chi connectivity index (χ1v) is 8.86. The van der Waals surface area contributed by atoms with Crippen LogP contribution in [0.2, 0.25) is 0 Å². The molecule has 1 saturated heterocycles. The summed E-state index contributed by atoms with van der Waals surface area (Å²) in [5.74, 6) is -0.121. The van der Waals surface area contributed by atoms with Gasteiger partial charge in [0.1, 0.15) is 0 Å². The average Bonchev–Trinajstić information content (AvgIpc) is 3.05. The number of hydrogen-bond donors (Lipinski definition) is 2. The summed E-state index contributed by atoms with van der Waals surface area (Å²) in [5, 5.41) is 2.77. The third-order valence-corrected chi connectivity index (χ3v) is 5.74. The number of amides is 1. The first-order chi connectivity index (χ1) is 10.3. The first-order valence-electron chi connectivity index (χ1n) is 7.38. The highest BCUT2D eigenvalue weighted by Gasteiger charge is 2.39. The highest BCUT2D eigenvalue weighted by molar-refractivity contribution is 7.89. The van der Waals surface area contributed by atoms with Crippen molar-refractivity contribution in [2.45, 2.75) is 43.1 Å². The number of benzene rings is 1. The molecule has 1 fully saturated rings. The van der Waals surface area contributed by atoms with Crippen LogP contribution in [0.1, 0.15) is 32.3 Å². The minimum atomic E-state index is -3.61. The molecular weight excluding hydrogens is 304 g/mol. The smallest absolute Gasteiger partial charge is 0.240 e. The number of carbonyl (C=O) groups excluding carboxylic acids is 1. The van der Waals surface area contributed by atoms with Crippen LogP contribution >= 0.6 is 0 Å². The van der Waals surface area contributed by atoms with Crippen LogP contribution in [-0.4, -0.2) is 33.6 Å². The number of anilines is 1. The van der Waals surface area contributed by atoms with E-state index in [4.69, 9.17) is 4.74 Å². The molecule has 2 N–H and O–H groups in total. The maximum atomic E-state index is 12.4. The molecule has 7 heteroatoms. The van der Waals surface area contributed by atoms with Gasteiger partial charge in [-0.3, -0.25) is 4.79 Å². The Hall–Kier alpha value is -1.44. The van der Waals surface area contributed by atoms with Gasteiger partial charge in [-0.1, -0.05) is 0 Å². The fourth-order valence-corrected chi connectivity index (χ4v) is 3.90. The molecular formula is C15H20N2O4S. The largest absolute Gasteiger partial charge is 0.377 e. The molecule has 1 atom stereocenters. The fourth-order valence-electron chi connectivity index (χ4n) is 2.81. The quantitative estimate of drug-likeness (QED) is 0.876. The van der Waals surface area contributed by atoms with E-state index in [1.165, 1.54) is 6.07 Å². The van der Waals surface area contributed by atoms with Crippen LogP contribution in [0.3, 0.4) is 0 Å². The highest BCUT2D eigenvalue weighted by atomic mass is 32.2. The van der Waals surface area contributed by atoms with E-state index in [0.29, 0.717) is 17.9 Å². The maximum absolute atomic E-state index is 12.4. The fraction of sp³-hybridized carbons (Fsp3) is 0.533. The molecule has 0 aromatic heterocycles. The Balaban J connectivity index is 1.83. The molecule has 0 spiro atoms.